The average Bonchev–Trinajstić information content (AvgIpc) is 2.10. The van der Waals surface area contributed by atoms with E-state index in [1.54, 1.807) is 0 Å². The number of alkyl carbamates (subject to hydrolysis) is 1. The van der Waals surface area contributed by atoms with Crippen LogP contribution in [0.25, 0.3) is 11.1 Å². The number of amides is 3. The third kappa shape index (κ3) is 17.6. The van der Waals surface area contributed by atoms with Crippen molar-refractivity contribution in [3.8, 4) is 11.1 Å². The SMILES string of the molecule is CC(=O)N[C@H]1[C@H](OC[C@H]2O[C@@H](O[C@H](C)[C@H](NC(=O)OCC3c4ccccc4-c4ccccc43)C(=O)O)[C@H](NC(C)=O)[C@@H](O[C@@H]3O[C@H](COC(C)=O)[C@H](OC(C)=O)[C@H](OC(C)=O)[C@H]3OC(C)=O)[C@H]2O)O[C@H](COC(C)=O)[C@@H](OC(C)=O)[C@@H]1OC(C)=O. The van der Waals surface area contributed by atoms with E-state index in [4.69, 9.17) is 66.3 Å². The minimum Gasteiger partial charge on any atom is -0.480 e. The van der Waals surface area contributed by atoms with Gasteiger partial charge in [-0.25, -0.2) is 9.59 Å². The van der Waals surface area contributed by atoms with Gasteiger partial charge in [-0.1, -0.05) is 48.5 Å². The first kappa shape index (κ1) is 66.3. The first-order valence-corrected chi connectivity index (χ1v) is 26.7. The molecule has 3 amide bonds. The predicted molar refractivity (Wildman–Crippen MR) is 279 cm³/mol. The van der Waals surface area contributed by atoms with Crippen molar-refractivity contribution in [3.63, 3.8) is 0 Å². The molecule has 5 N–H and O–H groups in total. The fourth-order valence-electron chi connectivity index (χ4n) is 10.2. The monoisotopic (exact) mass is 1200 g/mol. The van der Waals surface area contributed by atoms with Crippen molar-refractivity contribution < 1.29 is 129 Å². The quantitative estimate of drug-likeness (QED) is 0.0728. The third-order valence-electron chi connectivity index (χ3n) is 13.5. The average molecular weight is 1200 g/mol. The first-order valence-electron chi connectivity index (χ1n) is 26.7. The van der Waals surface area contributed by atoms with Crippen LogP contribution in [0.15, 0.2) is 48.5 Å². The van der Waals surface area contributed by atoms with Crippen LogP contribution in [0.3, 0.4) is 0 Å². The molecule has 3 heterocycles. The minimum atomic E-state index is -2.12. The van der Waals surface area contributed by atoms with Crippen LogP contribution >= 0.6 is 0 Å². The number of fused-ring (bicyclic) bond motifs is 3. The standard InChI is InChI=1S/C55H69N3O27/c1-23(41(51(69)70)58-55(71)75-19-37-35-17-13-11-15-33(35)34-16-12-14-18-36(34)37)76-53-42(56-24(2)59)47(85-54-50(81-32(10)67)49(80-31(9)66)46(78-29(7)64)40(84-54)22-73-27(5)62)44(68)38(82-53)20-74-52-43(57-25(3)60)48(79-30(8)65)45(77-28(6)63)39(83-52)21-72-26(4)61/h11-18,23,37-50,52-54,68H,19-22H2,1-10H3,(H,56,59)(H,57,60)(H,58,71)(H,69,70)/t23-,38-,39-,40-,41+,42-,43-,44+,45-,46+,47-,48-,49+,50-,52-,53-,54+/m1/s1. The van der Waals surface area contributed by atoms with Crippen molar-refractivity contribution in [2.75, 3.05) is 26.4 Å². The number of rotatable bonds is 23. The van der Waals surface area contributed by atoms with Crippen molar-refractivity contribution >= 4 is 65.7 Å². The maximum Gasteiger partial charge on any atom is 0.407 e. The second kappa shape index (κ2) is 29.8. The van der Waals surface area contributed by atoms with Gasteiger partial charge in [-0.2, -0.15) is 0 Å². The van der Waals surface area contributed by atoms with Gasteiger partial charge in [0.05, 0.1) is 12.7 Å². The summed E-state index contributed by atoms with van der Waals surface area (Å²) in [6, 6.07) is 9.64. The molecule has 2 aromatic carbocycles. The summed E-state index contributed by atoms with van der Waals surface area (Å²) in [6.07, 6.45) is -26.3. The number of aliphatic carboxylic acids is 1. The summed E-state index contributed by atoms with van der Waals surface area (Å²) >= 11 is 0. The molecule has 85 heavy (non-hydrogen) atoms. The van der Waals surface area contributed by atoms with Crippen LogP contribution < -0.4 is 16.0 Å². The van der Waals surface area contributed by atoms with E-state index in [-0.39, 0.29) is 6.61 Å². The molecule has 0 bridgehead atoms. The highest BCUT2D eigenvalue weighted by Crippen LogP contribution is 2.45. The predicted octanol–water partition coefficient (Wildman–Crippen LogP) is 0.115. The fraction of sp³-hybridized carbons (Fsp3) is 0.582. The topological polar surface area (TPSA) is 394 Å². The van der Waals surface area contributed by atoms with Gasteiger partial charge in [0.1, 0.15) is 62.4 Å². The molecule has 30 heteroatoms. The molecule has 0 aromatic heterocycles. The number of aliphatic hydroxyl groups excluding tert-OH is 1. The van der Waals surface area contributed by atoms with Gasteiger partial charge in [0, 0.05) is 68.2 Å². The molecular formula is C55H69N3O27. The Labute approximate surface area is 486 Å². The number of carboxylic acid groups (broad SMARTS) is 1. The van der Waals surface area contributed by atoms with Crippen LogP contribution in [0.4, 0.5) is 4.79 Å². The lowest BCUT2D eigenvalue weighted by atomic mass is 9.94. The zero-order valence-corrected chi connectivity index (χ0v) is 47.9. The summed E-state index contributed by atoms with van der Waals surface area (Å²) in [4.78, 5) is 140. The summed E-state index contributed by atoms with van der Waals surface area (Å²) < 4.78 is 81.3. The number of ether oxygens (including phenoxy) is 14. The molecule has 2 aromatic rings. The maximum atomic E-state index is 13.6. The lowest BCUT2D eigenvalue weighted by Gasteiger charge is -2.49. The Bertz CT molecular complexity index is 2750. The molecule has 17 atom stereocenters. The summed E-state index contributed by atoms with van der Waals surface area (Å²) in [5.41, 5.74) is 3.57. The van der Waals surface area contributed by atoms with Crippen molar-refractivity contribution in [3.05, 3.63) is 59.7 Å². The van der Waals surface area contributed by atoms with E-state index in [0.29, 0.717) is 0 Å². The molecule has 0 unspecified atom stereocenters. The largest absolute Gasteiger partial charge is 0.480 e. The number of hydrogen-bond donors (Lipinski definition) is 5. The van der Waals surface area contributed by atoms with Crippen LogP contribution in [0.5, 0.6) is 0 Å². The Morgan fingerprint density at radius 3 is 1.41 bits per heavy atom. The van der Waals surface area contributed by atoms with Crippen molar-refractivity contribution in [1.82, 2.24) is 16.0 Å². The van der Waals surface area contributed by atoms with Gasteiger partial charge < -0.3 is 92.5 Å². The molecule has 0 saturated carbocycles. The molecule has 30 nitrogen and oxygen atoms in total. The first-order chi connectivity index (χ1) is 40.1. The Morgan fingerprint density at radius 2 is 0.929 bits per heavy atom. The van der Waals surface area contributed by atoms with Gasteiger partial charge in [-0.15, -0.1) is 0 Å². The van der Waals surface area contributed by atoms with Gasteiger partial charge in [0.15, 0.2) is 55.4 Å². The molecule has 0 radical (unpaired) electrons. The second-order valence-corrected chi connectivity index (χ2v) is 20.1. The van der Waals surface area contributed by atoms with E-state index in [1.165, 1.54) is 6.92 Å². The number of nitrogens with one attached hydrogen (secondary N) is 3. The van der Waals surface area contributed by atoms with E-state index >= 15 is 0 Å². The number of hydrogen-bond acceptors (Lipinski definition) is 26. The van der Waals surface area contributed by atoms with Crippen molar-refractivity contribution in [1.29, 1.82) is 0 Å². The van der Waals surface area contributed by atoms with Gasteiger partial charge in [0.25, 0.3) is 0 Å². The Kier molecular flexibility index (Phi) is 23.2. The number of esters is 7. The lowest BCUT2D eigenvalue weighted by molar-refractivity contribution is -0.353. The summed E-state index contributed by atoms with van der Waals surface area (Å²) in [6.45, 7) is 7.86. The molecule has 466 valence electrons. The van der Waals surface area contributed by atoms with E-state index in [1.807, 2.05) is 48.5 Å². The summed E-state index contributed by atoms with van der Waals surface area (Å²) in [5.74, 6) is -10.2. The van der Waals surface area contributed by atoms with Crippen molar-refractivity contribution in [2.45, 2.75) is 179 Å². The molecule has 3 fully saturated rings. The summed E-state index contributed by atoms with van der Waals surface area (Å²) in [7, 11) is 0. The Balaban J connectivity index is 1.39. The highest BCUT2D eigenvalue weighted by atomic mass is 16.8. The van der Waals surface area contributed by atoms with Gasteiger partial charge in [-0.05, 0) is 29.2 Å². The number of carbonyl (C=O) groups is 11. The van der Waals surface area contributed by atoms with Crippen LogP contribution in [-0.2, 0) is 114 Å². The third-order valence-corrected chi connectivity index (χ3v) is 13.5. The van der Waals surface area contributed by atoms with E-state index in [9.17, 15) is 63.0 Å². The van der Waals surface area contributed by atoms with Crippen LogP contribution in [0.1, 0.15) is 86.3 Å². The molecule has 1 aliphatic carbocycles. The zero-order chi connectivity index (χ0) is 62.6. The highest BCUT2D eigenvalue weighted by Gasteiger charge is 2.58. The zero-order valence-electron chi connectivity index (χ0n) is 47.9. The smallest absolute Gasteiger partial charge is 0.407 e. The minimum absolute atomic E-state index is 0.223. The Hall–Kier alpha value is -7.87. The second-order valence-electron chi connectivity index (χ2n) is 20.1. The van der Waals surface area contributed by atoms with E-state index in [0.717, 1.165) is 84.6 Å². The molecule has 3 saturated heterocycles. The Morgan fingerprint density at radius 1 is 0.494 bits per heavy atom. The van der Waals surface area contributed by atoms with E-state index < -0.39 is 196 Å². The number of benzene rings is 2. The fourth-order valence-corrected chi connectivity index (χ4v) is 10.2. The van der Waals surface area contributed by atoms with Crippen LogP contribution in [-0.4, -0.2) is 206 Å². The van der Waals surface area contributed by atoms with Crippen molar-refractivity contribution in [2.24, 2.45) is 0 Å². The van der Waals surface area contributed by atoms with E-state index in [2.05, 4.69) is 16.0 Å². The normalized spacial score (nSPS) is 28.4. The molecule has 6 rings (SSSR count). The summed E-state index contributed by atoms with van der Waals surface area (Å²) in [5, 5.41) is 30.5. The maximum absolute atomic E-state index is 13.6. The number of carboxylic acids is 1. The number of aliphatic hydroxyl groups is 1. The van der Waals surface area contributed by atoms with Crippen LogP contribution in [0, 0.1) is 0 Å². The molecular weight excluding hydrogens is 1130 g/mol. The van der Waals surface area contributed by atoms with Gasteiger partial charge in [0.2, 0.25) is 11.8 Å². The molecule has 4 aliphatic rings. The highest BCUT2D eigenvalue weighted by molar-refractivity contribution is 5.82. The molecule has 3 aliphatic heterocycles. The molecule has 0 spiro atoms. The van der Waals surface area contributed by atoms with Crippen LogP contribution in [0.2, 0.25) is 0 Å². The van der Waals surface area contributed by atoms with Gasteiger partial charge >= 0.3 is 53.8 Å². The van der Waals surface area contributed by atoms with Gasteiger partial charge in [-0.3, -0.25) is 43.2 Å². The lowest BCUT2D eigenvalue weighted by Crippen LogP contribution is -2.70. The number of carbonyl (C=O) groups excluding carboxylic acids is 10.